The monoisotopic (exact) mass is 604 g/mol. The summed E-state index contributed by atoms with van der Waals surface area (Å²) in [5, 5.41) is 8.02. The summed E-state index contributed by atoms with van der Waals surface area (Å²) >= 11 is 0. The summed E-state index contributed by atoms with van der Waals surface area (Å²) in [5.41, 5.74) is -0.997. The number of carbonyl (C=O) groups excluding carboxylic acids is 2. The van der Waals surface area contributed by atoms with E-state index in [9.17, 15) is 22.8 Å². The molecule has 0 radical (unpaired) electrons. The highest BCUT2D eigenvalue weighted by Crippen LogP contribution is 2.39. The van der Waals surface area contributed by atoms with E-state index < -0.39 is 35.3 Å². The maximum atomic E-state index is 15.2. The number of hydrogen-bond acceptors (Lipinski definition) is 9. The van der Waals surface area contributed by atoms with Gasteiger partial charge in [-0.1, -0.05) is 12.1 Å². The molecule has 11 nitrogen and oxygen atoms in total. The van der Waals surface area contributed by atoms with E-state index in [2.05, 4.69) is 30.8 Å². The van der Waals surface area contributed by atoms with Crippen molar-refractivity contribution in [2.75, 3.05) is 39.7 Å². The summed E-state index contributed by atoms with van der Waals surface area (Å²) in [7, 11) is 4.75. The summed E-state index contributed by atoms with van der Waals surface area (Å²) in [6, 6.07) is 6.31. The number of nitrogens with zero attached hydrogens (tertiary/aromatic N) is 3. The van der Waals surface area contributed by atoms with Gasteiger partial charge >= 0.3 is 6.18 Å². The average molecular weight is 605 g/mol. The number of anilines is 2. The van der Waals surface area contributed by atoms with E-state index in [1.807, 2.05) is 7.05 Å². The molecular formula is C28H28F4N6O5. The smallest absolute Gasteiger partial charge is 0.423 e. The van der Waals surface area contributed by atoms with Crippen molar-refractivity contribution in [3.8, 4) is 17.4 Å². The molecule has 2 atom stereocenters. The average Bonchev–Trinajstić information content (AvgIpc) is 3.35. The summed E-state index contributed by atoms with van der Waals surface area (Å²) in [6.07, 6.45) is -4.06. The van der Waals surface area contributed by atoms with Crippen molar-refractivity contribution in [2.45, 2.75) is 31.3 Å². The van der Waals surface area contributed by atoms with E-state index in [1.165, 1.54) is 26.4 Å². The lowest BCUT2D eigenvalue weighted by molar-refractivity contribution is -0.139. The Morgan fingerprint density at radius 2 is 1.98 bits per heavy atom. The molecule has 3 N–H and O–H groups in total. The lowest BCUT2D eigenvalue weighted by Crippen LogP contribution is -2.53. The molecule has 3 heterocycles. The van der Waals surface area contributed by atoms with Gasteiger partial charge in [0, 0.05) is 32.5 Å². The number of likely N-dealkylation sites (tertiary alicyclic amines) is 1. The number of ether oxygens (including phenoxy) is 3. The second-order valence-corrected chi connectivity index (χ2v) is 10.0. The Labute approximate surface area is 243 Å². The molecule has 2 aliphatic rings. The van der Waals surface area contributed by atoms with Gasteiger partial charge in [-0.3, -0.25) is 9.59 Å². The van der Waals surface area contributed by atoms with Crippen LogP contribution in [0.5, 0.6) is 17.4 Å². The third kappa shape index (κ3) is 6.32. The minimum atomic E-state index is -4.89. The molecule has 15 heteroatoms. The number of carbonyl (C=O) groups is 2. The number of nitrogens with one attached hydrogen (secondary N) is 3. The minimum Gasteiger partial charge on any atom is -0.495 e. The number of fused-ring (bicyclic) bond motifs is 1. The van der Waals surface area contributed by atoms with Crippen LogP contribution in [0, 0.1) is 5.82 Å². The number of alkyl halides is 3. The first-order valence-electron chi connectivity index (χ1n) is 13.2. The summed E-state index contributed by atoms with van der Waals surface area (Å²) in [5.74, 6) is -3.48. The van der Waals surface area contributed by atoms with Gasteiger partial charge in [-0.2, -0.15) is 18.2 Å². The highest BCUT2D eigenvalue weighted by Gasteiger charge is 2.37. The van der Waals surface area contributed by atoms with Gasteiger partial charge in [0.2, 0.25) is 11.8 Å². The zero-order valence-electron chi connectivity index (χ0n) is 23.3. The van der Waals surface area contributed by atoms with Gasteiger partial charge in [0.15, 0.2) is 0 Å². The molecule has 2 aliphatic heterocycles. The first-order chi connectivity index (χ1) is 20.5. The number of halogens is 4. The van der Waals surface area contributed by atoms with Crippen LogP contribution in [0.4, 0.5) is 29.2 Å². The second kappa shape index (κ2) is 12.0. The molecular weight excluding hydrogens is 576 g/mol. The number of amides is 2. The van der Waals surface area contributed by atoms with Gasteiger partial charge in [0.05, 0.1) is 36.1 Å². The molecule has 2 amide bonds. The van der Waals surface area contributed by atoms with E-state index in [0.717, 1.165) is 18.7 Å². The maximum absolute atomic E-state index is 15.2. The normalized spacial score (nSPS) is 18.5. The fourth-order valence-corrected chi connectivity index (χ4v) is 4.97. The molecule has 5 rings (SSSR count). The highest BCUT2D eigenvalue weighted by atomic mass is 19.4. The number of rotatable bonds is 8. The van der Waals surface area contributed by atoms with Crippen LogP contribution in [0.3, 0.4) is 0 Å². The number of aromatic nitrogens is 2. The fourth-order valence-electron chi connectivity index (χ4n) is 4.97. The number of benzene rings is 2. The predicted molar refractivity (Wildman–Crippen MR) is 145 cm³/mol. The molecule has 0 aliphatic carbocycles. The van der Waals surface area contributed by atoms with Crippen molar-refractivity contribution < 1.29 is 41.4 Å². The van der Waals surface area contributed by atoms with Gasteiger partial charge in [-0.25, -0.2) is 9.37 Å². The first-order valence-corrected chi connectivity index (χ1v) is 13.2. The molecule has 1 aromatic heterocycles. The Balaban J connectivity index is 1.42. The highest BCUT2D eigenvalue weighted by molar-refractivity contribution is 6.01. The third-order valence-electron chi connectivity index (χ3n) is 7.21. The van der Waals surface area contributed by atoms with Crippen LogP contribution in [0.15, 0.2) is 36.5 Å². The quantitative estimate of drug-likeness (QED) is 0.329. The molecule has 0 bridgehead atoms. The zero-order chi connectivity index (χ0) is 30.9. The van der Waals surface area contributed by atoms with E-state index in [0.29, 0.717) is 24.7 Å². The van der Waals surface area contributed by atoms with E-state index in [4.69, 9.17) is 14.2 Å². The SMILES string of the molecule is COc1cc(C(=O)N[C@@H]2CCN(C)CC2OC)c(F)cc1Nc1ncc(C(F)(F)F)c(Oc2cccc3c2C(=O)NC3)n1. The Morgan fingerprint density at radius 3 is 2.70 bits per heavy atom. The van der Waals surface area contributed by atoms with Gasteiger partial charge < -0.3 is 35.1 Å². The Hall–Kier alpha value is -4.50. The molecule has 228 valence electrons. The lowest BCUT2D eigenvalue weighted by Gasteiger charge is -2.36. The zero-order valence-corrected chi connectivity index (χ0v) is 23.3. The van der Waals surface area contributed by atoms with Gasteiger partial charge in [0.25, 0.3) is 11.8 Å². The summed E-state index contributed by atoms with van der Waals surface area (Å²) < 4.78 is 73.0. The van der Waals surface area contributed by atoms with Crippen LogP contribution >= 0.6 is 0 Å². The first kappa shape index (κ1) is 30.0. The summed E-state index contributed by atoms with van der Waals surface area (Å²) in [4.78, 5) is 34.9. The topological polar surface area (TPSA) is 127 Å². The number of piperidine rings is 1. The van der Waals surface area contributed by atoms with Crippen LogP contribution in [0.25, 0.3) is 0 Å². The molecule has 1 saturated heterocycles. The van der Waals surface area contributed by atoms with E-state index in [-0.39, 0.29) is 53.0 Å². The number of likely N-dealkylation sites (N-methyl/N-ethyl adjacent to an activating group) is 1. The standard InChI is InChI=1S/C28H28F4N6O5/c1-38-8-7-18(22(13-38)42-3)35-24(39)15-9-21(41-2)19(10-17(15)29)36-27-34-12-16(28(30,31)32)26(37-27)43-20-6-4-5-14-11-33-25(40)23(14)20/h4-6,9-10,12,18,22H,7-8,11,13H2,1-3H3,(H,33,40)(H,35,39)(H,34,36,37)/t18-,22?/m1/s1. The van der Waals surface area contributed by atoms with Crippen LogP contribution in [0.1, 0.15) is 38.3 Å². The van der Waals surface area contributed by atoms with Crippen LogP contribution in [-0.2, 0) is 17.5 Å². The Bertz CT molecular complexity index is 1550. The Kier molecular flexibility index (Phi) is 8.37. The van der Waals surface area contributed by atoms with E-state index in [1.54, 1.807) is 6.07 Å². The van der Waals surface area contributed by atoms with Crippen LogP contribution < -0.4 is 25.4 Å². The Morgan fingerprint density at radius 1 is 1.19 bits per heavy atom. The maximum Gasteiger partial charge on any atom is 0.423 e. The largest absolute Gasteiger partial charge is 0.495 e. The number of methoxy groups -OCH3 is 2. The molecule has 0 saturated carbocycles. The van der Waals surface area contributed by atoms with Crippen molar-refractivity contribution in [2.24, 2.45) is 0 Å². The van der Waals surface area contributed by atoms with E-state index >= 15 is 4.39 Å². The number of hydrogen-bond donors (Lipinski definition) is 3. The van der Waals surface area contributed by atoms with Crippen LogP contribution in [0.2, 0.25) is 0 Å². The molecule has 3 aromatic rings. The van der Waals surface area contributed by atoms with Crippen LogP contribution in [-0.4, -0.2) is 73.2 Å². The van der Waals surface area contributed by atoms with Crippen molar-refractivity contribution >= 4 is 23.5 Å². The minimum absolute atomic E-state index is 0.00161. The second-order valence-electron chi connectivity index (χ2n) is 10.0. The lowest BCUT2D eigenvalue weighted by atomic mass is 10.0. The molecule has 1 unspecified atom stereocenters. The molecule has 43 heavy (non-hydrogen) atoms. The predicted octanol–water partition coefficient (Wildman–Crippen LogP) is 3.87. The van der Waals surface area contributed by atoms with Crippen molar-refractivity contribution in [3.63, 3.8) is 0 Å². The van der Waals surface area contributed by atoms with Gasteiger partial charge in [0.1, 0.15) is 22.9 Å². The van der Waals surface area contributed by atoms with Crippen molar-refractivity contribution in [3.05, 3.63) is 64.6 Å². The fraction of sp³-hybridized carbons (Fsp3) is 0.357. The molecule has 1 fully saturated rings. The molecule has 2 aromatic carbocycles. The summed E-state index contributed by atoms with van der Waals surface area (Å²) in [6.45, 7) is 1.52. The van der Waals surface area contributed by atoms with Gasteiger partial charge in [-0.15, -0.1) is 0 Å². The van der Waals surface area contributed by atoms with Crippen molar-refractivity contribution in [1.29, 1.82) is 0 Å². The van der Waals surface area contributed by atoms with Crippen molar-refractivity contribution in [1.82, 2.24) is 25.5 Å². The molecule has 0 spiro atoms. The third-order valence-corrected chi connectivity index (χ3v) is 7.21. The van der Waals surface area contributed by atoms with Gasteiger partial charge in [-0.05, 0) is 37.7 Å².